The van der Waals surface area contributed by atoms with E-state index in [0.717, 1.165) is 6.54 Å². The maximum Gasteiger partial charge on any atom is 0.148 e. The van der Waals surface area contributed by atoms with E-state index in [1.165, 1.54) is 18.2 Å². The highest BCUT2D eigenvalue weighted by Gasteiger charge is 2.38. The van der Waals surface area contributed by atoms with E-state index in [1.807, 2.05) is 7.05 Å². The molecule has 24 heavy (non-hydrogen) atoms. The van der Waals surface area contributed by atoms with Gasteiger partial charge in [-0.15, -0.1) is 0 Å². The van der Waals surface area contributed by atoms with Crippen molar-refractivity contribution in [1.29, 1.82) is 0 Å². The molecule has 3 nitrogen and oxygen atoms in total. The number of nitrogens with one attached hydrogen (secondary N) is 1. The zero-order chi connectivity index (χ0) is 17.3. The highest BCUT2D eigenvalue weighted by Crippen LogP contribution is 2.30. The van der Waals surface area contributed by atoms with Gasteiger partial charge in [-0.3, -0.25) is 15.2 Å². The first-order valence-corrected chi connectivity index (χ1v) is 7.76. The van der Waals surface area contributed by atoms with Crippen LogP contribution in [0.1, 0.15) is 36.8 Å². The van der Waals surface area contributed by atoms with Crippen LogP contribution in [0.25, 0.3) is 0 Å². The van der Waals surface area contributed by atoms with Crippen LogP contribution in [-0.4, -0.2) is 29.0 Å². The second kappa shape index (κ2) is 6.31. The Morgan fingerprint density at radius 1 is 1.21 bits per heavy atom. The number of likely N-dealkylation sites (N-methyl/N-ethyl adjacent to an activating group) is 1. The van der Waals surface area contributed by atoms with Gasteiger partial charge in [-0.2, -0.15) is 0 Å². The maximum atomic E-state index is 14.5. The molecule has 0 radical (unpaired) electrons. The zero-order valence-corrected chi connectivity index (χ0v) is 13.9. The fraction of sp³-hybridized carbons (Fsp3) is 0.316. The maximum absolute atomic E-state index is 14.5. The van der Waals surface area contributed by atoms with Crippen LogP contribution in [0.15, 0.2) is 36.5 Å². The minimum Gasteiger partial charge on any atom is -0.295 e. The molecule has 1 N–H and O–H groups in total. The van der Waals surface area contributed by atoms with Crippen LogP contribution in [0, 0.1) is 23.5 Å². The Balaban J connectivity index is 1.84. The van der Waals surface area contributed by atoms with Gasteiger partial charge in [0.1, 0.15) is 23.5 Å². The normalized spacial score (nSPS) is 19.8. The smallest absolute Gasteiger partial charge is 0.148 e. The molecule has 1 aromatic carbocycles. The van der Waals surface area contributed by atoms with Crippen molar-refractivity contribution in [3.05, 3.63) is 65.0 Å². The Kier molecular flexibility index (Phi) is 4.35. The fourth-order valence-corrected chi connectivity index (χ4v) is 2.67. The lowest BCUT2D eigenvalue weighted by Crippen LogP contribution is -2.38. The van der Waals surface area contributed by atoms with Gasteiger partial charge in [-0.1, -0.05) is 17.9 Å². The molecule has 1 saturated heterocycles. The van der Waals surface area contributed by atoms with Crippen LogP contribution in [0.3, 0.4) is 0 Å². The van der Waals surface area contributed by atoms with Crippen molar-refractivity contribution in [2.75, 3.05) is 13.6 Å². The van der Waals surface area contributed by atoms with Crippen LogP contribution in [0.2, 0.25) is 0 Å². The van der Waals surface area contributed by atoms with Gasteiger partial charge in [0.15, 0.2) is 0 Å². The third-order valence-corrected chi connectivity index (χ3v) is 4.37. The van der Waals surface area contributed by atoms with Crippen molar-refractivity contribution in [2.24, 2.45) is 0 Å². The van der Waals surface area contributed by atoms with Crippen molar-refractivity contribution in [2.45, 2.75) is 25.6 Å². The number of rotatable bonds is 1. The molecule has 2 heterocycles. The number of nitrogens with zero attached hydrogens (tertiary/aromatic N) is 2. The average Bonchev–Trinajstić information content (AvgIpc) is 2.80. The molecule has 0 aliphatic carbocycles. The number of hydrogen-bond acceptors (Lipinski definition) is 3. The van der Waals surface area contributed by atoms with Gasteiger partial charge in [-0.25, -0.2) is 8.78 Å². The lowest BCUT2D eigenvalue weighted by molar-refractivity contribution is 0.167. The van der Waals surface area contributed by atoms with Gasteiger partial charge in [0.25, 0.3) is 0 Å². The molecule has 3 rings (SSSR count). The van der Waals surface area contributed by atoms with E-state index in [0.29, 0.717) is 16.8 Å². The molecule has 1 aliphatic heterocycles. The molecule has 0 bridgehead atoms. The summed E-state index contributed by atoms with van der Waals surface area (Å²) in [4.78, 5) is 6.32. The molecule has 0 spiro atoms. The second-order valence-corrected chi connectivity index (χ2v) is 6.56. The zero-order valence-electron chi connectivity index (χ0n) is 13.9. The first-order chi connectivity index (χ1) is 11.4. The molecule has 1 aliphatic rings. The fourth-order valence-electron chi connectivity index (χ4n) is 2.67. The predicted octanol–water partition coefficient (Wildman–Crippen LogP) is 3.07. The number of halogens is 2. The van der Waals surface area contributed by atoms with E-state index in [-0.39, 0.29) is 17.5 Å². The van der Waals surface area contributed by atoms with Crippen LogP contribution >= 0.6 is 0 Å². The molecule has 1 fully saturated rings. The Hall–Kier alpha value is -2.29. The first-order valence-electron chi connectivity index (χ1n) is 7.76. The van der Waals surface area contributed by atoms with Gasteiger partial charge in [0, 0.05) is 29.4 Å². The standard InChI is InChI=1S/C19H19F2N3/c1-19(2)12-23-18(24(19)3)17-16(21)10-14(11-22-17)8-7-13-5-4-6-15(20)9-13/h4-6,9-11,18,23H,12H2,1-3H3. The largest absolute Gasteiger partial charge is 0.295 e. The van der Waals surface area contributed by atoms with E-state index < -0.39 is 5.82 Å². The molecule has 1 unspecified atom stereocenters. The van der Waals surface area contributed by atoms with E-state index in [2.05, 4.69) is 40.9 Å². The predicted molar refractivity (Wildman–Crippen MR) is 89.2 cm³/mol. The van der Waals surface area contributed by atoms with Gasteiger partial charge in [0.05, 0.1) is 0 Å². The van der Waals surface area contributed by atoms with Crippen LogP contribution in [-0.2, 0) is 0 Å². The minimum atomic E-state index is -0.400. The summed E-state index contributed by atoms with van der Waals surface area (Å²) in [5.74, 6) is 4.89. The van der Waals surface area contributed by atoms with E-state index >= 15 is 0 Å². The van der Waals surface area contributed by atoms with Gasteiger partial charge in [0.2, 0.25) is 0 Å². The van der Waals surface area contributed by atoms with Gasteiger partial charge in [-0.05, 0) is 45.2 Å². The molecule has 5 heteroatoms. The Morgan fingerprint density at radius 2 is 1.96 bits per heavy atom. The number of hydrogen-bond donors (Lipinski definition) is 1. The molecule has 1 atom stereocenters. The third kappa shape index (κ3) is 3.30. The van der Waals surface area contributed by atoms with Crippen LogP contribution < -0.4 is 5.32 Å². The monoisotopic (exact) mass is 327 g/mol. The summed E-state index contributed by atoms with van der Waals surface area (Å²) in [6, 6.07) is 7.35. The molecule has 0 amide bonds. The van der Waals surface area contributed by atoms with Gasteiger partial charge >= 0.3 is 0 Å². The van der Waals surface area contributed by atoms with Crippen molar-refractivity contribution < 1.29 is 8.78 Å². The van der Waals surface area contributed by atoms with Crippen molar-refractivity contribution in [1.82, 2.24) is 15.2 Å². The number of pyridine rings is 1. The SMILES string of the molecule is CN1C(c2ncc(C#Cc3cccc(F)c3)cc2F)NCC1(C)C. The second-order valence-electron chi connectivity index (χ2n) is 6.56. The summed E-state index contributed by atoms with van der Waals surface area (Å²) < 4.78 is 27.6. The van der Waals surface area contributed by atoms with Crippen molar-refractivity contribution in [3.8, 4) is 11.8 Å². The molecular formula is C19H19F2N3. The Morgan fingerprint density at radius 3 is 2.58 bits per heavy atom. The molecule has 124 valence electrons. The average molecular weight is 327 g/mol. The highest BCUT2D eigenvalue weighted by molar-refractivity contribution is 5.42. The lowest BCUT2D eigenvalue weighted by Gasteiger charge is -2.30. The lowest BCUT2D eigenvalue weighted by atomic mass is 10.1. The molecule has 0 saturated carbocycles. The summed E-state index contributed by atoms with van der Waals surface area (Å²) in [6.07, 6.45) is 1.29. The first kappa shape index (κ1) is 16.6. The van der Waals surface area contributed by atoms with Crippen LogP contribution in [0.5, 0.6) is 0 Å². The molecule has 1 aromatic heterocycles. The summed E-state index contributed by atoms with van der Waals surface area (Å²) in [5, 5.41) is 3.28. The van der Waals surface area contributed by atoms with Crippen LogP contribution in [0.4, 0.5) is 8.78 Å². The minimum absolute atomic E-state index is 0.0609. The number of aromatic nitrogens is 1. The Labute approximate surface area is 140 Å². The molecule has 2 aromatic rings. The van der Waals surface area contributed by atoms with Crippen molar-refractivity contribution in [3.63, 3.8) is 0 Å². The van der Waals surface area contributed by atoms with Gasteiger partial charge < -0.3 is 0 Å². The van der Waals surface area contributed by atoms with E-state index in [1.54, 1.807) is 18.3 Å². The number of benzene rings is 1. The summed E-state index contributed by atoms with van der Waals surface area (Å²) in [7, 11) is 1.95. The summed E-state index contributed by atoms with van der Waals surface area (Å²) in [6.45, 7) is 4.95. The van der Waals surface area contributed by atoms with Crippen molar-refractivity contribution >= 4 is 0 Å². The summed E-state index contributed by atoms with van der Waals surface area (Å²) in [5.41, 5.74) is 1.30. The Bertz CT molecular complexity index is 821. The third-order valence-electron chi connectivity index (χ3n) is 4.37. The molecular weight excluding hydrogens is 308 g/mol. The summed E-state index contributed by atoms with van der Waals surface area (Å²) >= 11 is 0. The topological polar surface area (TPSA) is 28.2 Å². The quantitative estimate of drug-likeness (QED) is 0.816. The van der Waals surface area contributed by atoms with E-state index in [4.69, 9.17) is 0 Å². The van der Waals surface area contributed by atoms with E-state index in [9.17, 15) is 8.78 Å². The highest BCUT2D eigenvalue weighted by atomic mass is 19.1.